The summed E-state index contributed by atoms with van der Waals surface area (Å²) in [5, 5.41) is 9.10. The summed E-state index contributed by atoms with van der Waals surface area (Å²) in [7, 11) is 0. The molecule has 0 saturated heterocycles. The van der Waals surface area contributed by atoms with Crippen molar-refractivity contribution in [3.8, 4) is 0 Å². The van der Waals surface area contributed by atoms with Gasteiger partial charge in [0.05, 0.1) is 0 Å². The highest BCUT2D eigenvalue weighted by Gasteiger charge is 2.28. The highest BCUT2D eigenvalue weighted by atomic mass is 16.5. The van der Waals surface area contributed by atoms with Crippen LogP contribution in [0.1, 0.15) is 39.0 Å². The second-order valence-corrected chi connectivity index (χ2v) is 3.44. The van der Waals surface area contributed by atoms with Crippen molar-refractivity contribution in [1.29, 1.82) is 0 Å². The molecule has 0 saturated carbocycles. The van der Waals surface area contributed by atoms with E-state index in [4.69, 9.17) is 5.21 Å². The minimum absolute atomic E-state index is 0.176. The van der Waals surface area contributed by atoms with Gasteiger partial charge in [-0.3, -0.25) is 14.8 Å². The minimum Gasteiger partial charge on any atom is -0.278 e. The van der Waals surface area contributed by atoms with Crippen LogP contribution in [0.25, 0.3) is 0 Å². The lowest BCUT2D eigenvalue weighted by Gasteiger charge is -2.04. The number of nitrogens with zero attached hydrogens (tertiary/aromatic N) is 1. The molecule has 1 rings (SSSR count). The summed E-state index contributed by atoms with van der Waals surface area (Å²) in [6.07, 6.45) is 6.03. The zero-order valence-corrected chi connectivity index (χ0v) is 8.32. The minimum atomic E-state index is -0.625. The van der Waals surface area contributed by atoms with E-state index in [0.717, 1.165) is 25.7 Å². The zero-order valence-electron chi connectivity index (χ0n) is 8.32. The van der Waals surface area contributed by atoms with E-state index in [1.54, 1.807) is 0 Å². The Balaban J connectivity index is 2.35. The summed E-state index contributed by atoms with van der Waals surface area (Å²) < 4.78 is 0. The summed E-state index contributed by atoms with van der Waals surface area (Å²) in [5.74, 6) is -1.19. The fraction of sp³-hybridized carbons (Fsp3) is 0.600. The van der Waals surface area contributed by atoms with Gasteiger partial charge in [-0.05, 0) is 12.8 Å². The van der Waals surface area contributed by atoms with E-state index in [1.165, 1.54) is 6.08 Å². The van der Waals surface area contributed by atoms with Crippen molar-refractivity contribution < 1.29 is 14.8 Å². The van der Waals surface area contributed by atoms with Crippen LogP contribution in [0.15, 0.2) is 11.6 Å². The first-order valence-corrected chi connectivity index (χ1v) is 4.94. The van der Waals surface area contributed by atoms with Gasteiger partial charge >= 0.3 is 0 Å². The molecule has 78 valence electrons. The fourth-order valence-electron chi connectivity index (χ4n) is 1.43. The molecule has 0 aliphatic carbocycles. The van der Waals surface area contributed by atoms with Crippen LogP contribution in [0.2, 0.25) is 0 Å². The van der Waals surface area contributed by atoms with E-state index in [0.29, 0.717) is 12.0 Å². The molecule has 0 aromatic rings. The van der Waals surface area contributed by atoms with Gasteiger partial charge in [0.1, 0.15) is 0 Å². The Labute approximate surface area is 83.2 Å². The predicted octanol–water partition coefficient (Wildman–Crippen LogP) is 1.64. The van der Waals surface area contributed by atoms with Crippen LogP contribution < -0.4 is 0 Å². The van der Waals surface area contributed by atoms with Crippen molar-refractivity contribution in [2.24, 2.45) is 0 Å². The van der Waals surface area contributed by atoms with Gasteiger partial charge in [-0.15, -0.1) is 5.06 Å². The van der Waals surface area contributed by atoms with Gasteiger partial charge in [0.25, 0.3) is 11.8 Å². The summed E-state index contributed by atoms with van der Waals surface area (Å²) in [6.45, 7) is 2.11. The molecule has 4 nitrogen and oxygen atoms in total. The van der Waals surface area contributed by atoms with Gasteiger partial charge in [0.15, 0.2) is 0 Å². The Morgan fingerprint density at radius 2 is 2.00 bits per heavy atom. The summed E-state index contributed by atoms with van der Waals surface area (Å²) in [5.41, 5.74) is 0.425. The number of unbranched alkanes of at least 4 members (excludes halogenated alkanes) is 3. The summed E-state index contributed by atoms with van der Waals surface area (Å²) >= 11 is 0. The molecule has 1 aliphatic heterocycles. The molecule has 0 unspecified atom stereocenters. The summed E-state index contributed by atoms with van der Waals surface area (Å²) in [4.78, 5) is 22.0. The van der Waals surface area contributed by atoms with E-state index in [1.807, 2.05) is 0 Å². The Kier molecular flexibility index (Phi) is 3.83. The maximum absolute atomic E-state index is 11.2. The van der Waals surface area contributed by atoms with Crippen molar-refractivity contribution in [3.63, 3.8) is 0 Å². The quantitative estimate of drug-likeness (QED) is 0.414. The maximum Gasteiger partial charge on any atom is 0.280 e. The third kappa shape index (κ3) is 2.42. The van der Waals surface area contributed by atoms with Crippen LogP contribution >= 0.6 is 0 Å². The molecule has 1 N–H and O–H groups in total. The van der Waals surface area contributed by atoms with Gasteiger partial charge in [-0.25, -0.2) is 0 Å². The topological polar surface area (TPSA) is 57.6 Å². The van der Waals surface area contributed by atoms with Crippen molar-refractivity contribution in [2.45, 2.75) is 39.0 Å². The van der Waals surface area contributed by atoms with Crippen LogP contribution in [-0.4, -0.2) is 22.1 Å². The van der Waals surface area contributed by atoms with Crippen molar-refractivity contribution >= 4 is 11.8 Å². The number of amides is 2. The van der Waals surface area contributed by atoms with E-state index < -0.39 is 11.8 Å². The van der Waals surface area contributed by atoms with Gasteiger partial charge < -0.3 is 0 Å². The van der Waals surface area contributed by atoms with Crippen molar-refractivity contribution in [2.75, 3.05) is 0 Å². The SMILES string of the molecule is CCCCCCC1=CC(=O)N(O)C1=O. The summed E-state index contributed by atoms with van der Waals surface area (Å²) in [6, 6.07) is 0. The first-order valence-electron chi connectivity index (χ1n) is 4.94. The van der Waals surface area contributed by atoms with Crippen molar-refractivity contribution in [3.05, 3.63) is 11.6 Å². The van der Waals surface area contributed by atoms with Crippen LogP contribution in [0, 0.1) is 0 Å². The second-order valence-electron chi connectivity index (χ2n) is 3.44. The van der Waals surface area contributed by atoms with E-state index in [2.05, 4.69) is 6.92 Å². The highest BCUT2D eigenvalue weighted by molar-refractivity contribution is 6.15. The molecule has 14 heavy (non-hydrogen) atoms. The zero-order chi connectivity index (χ0) is 10.6. The predicted molar refractivity (Wildman–Crippen MR) is 50.5 cm³/mol. The number of rotatable bonds is 5. The van der Waals surface area contributed by atoms with Gasteiger partial charge in [-0.2, -0.15) is 0 Å². The lowest BCUT2D eigenvalue weighted by atomic mass is 10.1. The number of hydrogen-bond acceptors (Lipinski definition) is 3. The molecular weight excluding hydrogens is 182 g/mol. The molecule has 2 amide bonds. The third-order valence-corrected chi connectivity index (χ3v) is 2.27. The Hall–Kier alpha value is -1.16. The highest BCUT2D eigenvalue weighted by Crippen LogP contribution is 2.17. The van der Waals surface area contributed by atoms with E-state index in [9.17, 15) is 9.59 Å². The first kappa shape index (κ1) is 10.9. The van der Waals surface area contributed by atoms with E-state index in [-0.39, 0.29) is 5.06 Å². The van der Waals surface area contributed by atoms with Crippen LogP contribution in [0.4, 0.5) is 0 Å². The maximum atomic E-state index is 11.2. The van der Waals surface area contributed by atoms with Crippen LogP contribution in [0.3, 0.4) is 0 Å². The van der Waals surface area contributed by atoms with Crippen molar-refractivity contribution in [1.82, 2.24) is 5.06 Å². The lowest BCUT2D eigenvalue weighted by molar-refractivity contribution is -0.169. The average Bonchev–Trinajstić information content (AvgIpc) is 2.41. The van der Waals surface area contributed by atoms with E-state index >= 15 is 0 Å². The lowest BCUT2D eigenvalue weighted by Crippen LogP contribution is -2.26. The molecule has 1 aliphatic rings. The molecular formula is C10H15NO3. The Morgan fingerprint density at radius 3 is 2.50 bits per heavy atom. The molecule has 0 aromatic heterocycles. The molecule has 0 fully saturated rings. The number of imide groups is 1. The smallest absolute Gasteiger partial charge is 0.278 e. The molecule has 0 aromatic carbocycles. The largest absolute Gasteiger partial charge is 0.280 e. The monoisotopic (exact) mass is 197 g/mol. The third-order valence-electron chi connectivity index (χ3n) is 2.27. The van der Waals surface area contributed by atoms with Crippen LogP contribution in [0.5, 0.6) is 0 Å². The number of hydroxylamine groups is 2. The number of carbonyl (C=O) groups is 2. The van der Waals surface area contributed by atoms with Crippen LogP contribution in [-0.2, 0) is 9.59 Å². The number of hydrogen-bond donors (Lipinski definition) is 1. The normalized spacial score (nSPS) is 16.4. The Morgan fingerprint density at radius 1 is 1.29 bits per heavy atom. The van der Waals surface area contributed by atoms with Gasteiger partial charge in [0.2, 0.25) is 0 Å². The van der Waals surface area contributed by atoms with Gasteiger partial charge in [-0.1, -0.05) is 26.2 Å². The average molecular weight is 197 g/mol. The molecule has 0 spiro atoms. The molecule has 0 bridgehead atoms. The Bertz CT molecular complexity index is 271. The fourth-order valence-corrected chi connectivity index (χ4v) is 1.43. The molecule has 0 atom stereocenters. The second kappa shape index (κ2) is 4.91. The molecule has 0 radical (unpaired) electrons. The molecule has 1 heterocycles. The first-order chi connectivity index (χ1) is 6.66. The number of carbonyl (C=O) groups excluding carboxylic acids is 2. The molecule has 4 heteroatoms. The standard InChI is InChI=1S/C10H15NO3/c1-2-3-4-5-6-8-7-9(12)11(14)10(8)13/h7,14H,2-6H2,1H3. The van der Waals surface area contributed by atoms with Gasteiger partial charge in [0, 0.05) is 11.6 Å².